The summed E-state index contributed by atoms with van der Waals surface area (Å²) in [5.41, 5.74) is 3.85. The molecular formula is C22H23F2N3O2. The molecule has 7 heteroatoms. The molecule has 3 aromatic rings. The van der Waals surface area contributed by atoms with E-state index < -0.39 is 11.6 Å². The lowest BCUT2D eigenvalue weighted by Crippen LogP contribution is -2.46. The first-order valence-electron chi connectivity index (χ1n) is 9.59. The van der Waals surface area contributed by atoms with Crippen LogP contribution in [0.4, 0.5) is 8.78 Å². The zero-order valence-electron chi connectivity index (χ0n) is 16.2. The molecule has 1 unspecified atom stereocenters. The van der Waals surface area contributed by atoms with Gasteiger partial charge in [-0.25, -0.2) is 13.5 Å². The lowest BCUT2D eigenvalue weighted by atomic mass is 10.0. The molecule has 152 valence electrons. The number of aryl methyl sites for hydroxylation is 1. The zero-order chi connectivity index (χ0) is 20.4. The minimum absolute atomic E-state index is 0.000422. The molecule has 1 saturated heterocycles. The lowest BCUT2D eigenvalue weighted by Gasteiger charge is -2.34. The quantitative estimate of drug-likeness (QED) is 0.715. The van der Waals surface area contributed by atoms with E-state index in [0.717, 1.165) is 28.5 Å². The minimum Gasteiger partial charge on any atom is -0.395 e. The Morgan fingerprint density at radius 1 is 1.21 bits per heavy atom. The normalized spacial score (nSPS) is 17.6. The molecule has 1 N–H and O–H groups in total. The molecule has 29 heavy (non-hydrogen) atoms. The summed E-state index contributed by atoms with van der Waals surface area (Å²) in [7, 11) is 0. The highest BCUT2D eigenvalue weighted by atomic mass is 19.1. The van der Waals surface area contributed by atoms with E-state index in [9.17, 15) is 13.9 Å². The average molecular weight is 399 g/mol. The van der Waals surface area contributed by atoms with Crippen LogP contribution in [0.1, 0.15) is 11.1 Å². The van der Waals surface area contributed by atoms with E-state index in [1.54, 1.807) is 6.20 Å². The van der Waals surface area contributed by atoms with Crippen molar-refractivity contribution in [1.82, 2.24) is 14.7 Å². The van der Waals surface area contributed by atoms with Gasteiger partial charge in [0.15, 0.2) is 5.82 Å². The number of rotatable bonds is 5. The van der Waals surface area contributed by atoms with Gasteiger partial charge in [-0.15, -0.1) is 0 Å². The van der Waals surface area contributed by atoms with Crippen molar-refractivity contribution < 1.29 is 18.6 Å². The molecule has 0 radical (unpaired) electrons. The number of nitrogens with zero attached hydrogens (tertiary/aromatic N) is 3. The van der Waals surface area contributed by atoms with Crippen molar-refractivity contribution in [3.8, 4) is 16.9 Å². The summed E-state index contributed by atoms with van der Waals surface area (Å²) < 4.78 is 34.6. The van der Waals surface area contributed by atoms with Gasteiger partial charge >= 0.3 is 0 Å². The van der Waals surface area contributed by atoms with Crippen LogP contribution in [-0.2, 0) is 11.3 Å². The predicted octanol–water partition coefficient (Wildman–Crippen LogP) is 3.32. The van der Waals surface area contributed by atoms with Crippen LogP contribution in [0.25, 0.3) is 16.9 Å². The van der Waals surface area contributed by atoms with Crippen LogP contribution in [0.15, 0.2) is 48.7 Å². The molecule has 2 aromatic carbocycles. The van der Waals surface area contributed by atoms with E-state index in [1.165, 1.54) is 16.8 Å². The molecule has 0 saturated carbocycles. The number of hydrogen-bond donors (Lipinski definition) is 1. The highest BCUT2D eigenvalue weighted by molar-refractivity contribution is 5.67. The van der Waals surface area contributed by atoms with Crippen molar-refractivity contribution in [1.29, 1.82) is 0 Å². The van der Waals surface area contributed by atoms with Crippen molar-refractivity contribution in [2.75, 3.05) is 26.4 Å². The first-order valence-corrected chi connectivity index (χ1v) is 9.59. The summed E-state index contributed by atoms with van der Waals surface area (Å²) in [5.74, 6) is -1.30. The van der Waals surface area contributed by atoms with Crippen LogP contribution in [0.3, 0.4) is 0 Å². The van der Waals surface area contributed by atoms with Gasteiger partial charge in [0.1, 0.15) is 11.5 Å². The first kappa shape index (κ1) is 19.7. The van der Waals surface area contributed by atoms with Crippen LogP contribution in [0.2, 0.25) is 0 Å². The Labute approximate surface area is 168 Å². The van der Waals surface area contributed by atoms with E-state index in [2.05, 4.69) is 10.00 Å². The van der Waals surface area contributed by atoms with Crippen LogP contribution >= 0.6 is 0 Å². The van der Waals surface area contributed by atoms with Crippen molar-refractivity contribution in [2.24, 2.45) is 0 Å². The fraction of sp³-hybridized carbons (Fsp3) is 0.318. The highest BCUT2D eigenvalue weighted by Crippen LogP contribution is 2.29. The zero-order valence-corrected chi connectivity index (χ0v) is 16.2. The maximum Gasteiger partial charge on any atom is 0.151 e. The van der Waals surface area contributed by atoms with Crippen molar-refractivity contribution in [2.45, 2.75) is 19.5 Å². The monoisotopic (exact) mass is 399 g/mol. The molecule has 1 fully saturated rings. The van der Waals surface area contributed by atoms with E-state index in [0.29, 0.717) is 26.3 Å². The number of morpholine rings is 1. The van der Waals surface area contributed by atoms with Gasteiger partial charge in [0.05, 0.1) is 31.6 Å². The number of ether oxygens (including phenoxy) is 1. The predicted molar refractivity (Wildman–Crippen MR) is 106 cm³/mol. The Kier molecular flexibility index (Phi) is 5.71. The second-order valence-electron chi connectivity index (χ2n) is 7.24. The van der Waals surface area contributed by atoms with E-state index in [-0.39, 0.29) is 18.3 Å². The molecule has 0 amide bonds. The number of benzene rings is 2. The van der Waals surface area contributed by atoms with Crippen LogP contribution < -0.4 is 0 Å². The van der Waals surface area contributed by atoms with Gasteiger partial charge in [-0.05, 0) is 24.6 Å². The molecule has 4 rings (SSSR count). The number of aromatic nitrogens is 2. The van der Waals surface area contributed by atoms with E-state index in [1.807, 2.05) is 31.2 Å². The van der Waals surface area contributed by atoms with E-state index in [4.69, 9.17) is 4.74 Å². The number of hydrogen-bond acceptors (Lipinski definition) is 4. The van der Waals surface area contributed by atoms with Gasteiger partial charge in [0.2, 0.25) is 0 Å². The van der Waals surface area contributed by atoms with Crippen molar-refractivity contribution in [3.63, 3.8) is 0 Å². The van der Waals surface area contributed by atoms with E-state index >= 15 is 0 Å². The summed E-state index contributed by atoms with van der Waals surface area (Å²) in [6.07, 6.45) is 1.78. The fourth-order valence-corrected chi connectivity index (χ4v) is 3.67. The van der Waals surface area contributed by atoms with Gasteiger partial charge in [-0.1, -0.05) is 24.3 Å². The third-order valence-corrected chi connectivity index (χ3v) is 5.28. The van der Waals surface area contributed by atoms with Crippen LogP contribution in [0, 0.1) is 18.6 Å². The second-order valence-corrected chi connectivity index (χ2v) is 7.24. The largest absolute Gasteiger partial charge is 0.395 e. The third-order valence-electron chi connectivity index (χ3n) is 5.28. The Morgan fingerprint density at radius 3 is 2.79 bits per heavy atom. The highest BCUT2D eigenvalue weighted by Gasteiger charge is 2.25. The molecule has 0 bridgehead atoms. The Balaban J connectivity index is 1.78. The smallest absolute Gasteiger partial charge is 0.151 e. The molecule has 1 atom stereocenters. The molecular weight excluding hydrogens is 376 g/mol. The SMILES string of the molecule is Cc1ccccc1-c1nn(-c2ccc(F)cc2F)cc1CN1CCOCC1CO. The molecule has 5 nitrogen and oxygen atoms in total. The summed E-state index contributed by atoms with van der Waals surface area (Å²) in [6, 6.07) is 11.2. The summed E-state index contributed by atoms with van der Waals surface area (Å²) >= 11 is 0. The lowest BCUT2D eigenvalue weighted by molar-refractivity contribution is -0.0312. The minimum atomic E-state index is -0.671. The van der Waals surface area contributed by atoms with Crippen LogP contribution in [0.5, 0.6) is 0 Å². The Morgan fingerprint density at radius 2 is 2.03 bits per heavy atom. The standard InChI is InChI=1S/C22H23F2N3O2/c1-15-4-2-3-5-19(15)22-16(11-26-8-9-29-14-18(26)13-28)12-27(25-22)21-7-6-17(23)10-20(21)24/h2-7,10,12,18,28H,8-9,11,13-14H2,1H3. The summed E-state index contributed by atoms with van der Waals surface area (Å²) in [6.45, 7) is 4.30. The number of aliphatic hydroxyl groups is 1. The third kappa shape index (κ3) is 4.07. The first-order chi connectivity index (χ1) is 14.1. The van der Waals surface area contributed by atoms with Crippen molar-refractivity contribution in [3.05, 3.63) is 71.4 Å². The number of aliphatic hydroxyl groups excluding tert-OH is 1. The van der Waals surface area contributed by atoms with Gasteiger partial charge < -0.3 is 9.84 Å². The Hall–Kier alpha value is -2.61. The second kappa shape index (κ2) is 8.41. The van der Waals surface area contributed by atoms with Gasteiger partial charge in [-0.3, -0.25) is 4.90 Å². The van der Waals surface area contributed by atoms with Gasteiger partial charge in [0, 0.05) is 36.5 Å². The molecule has 0 spiro atoms. The molecule has 2 heterocycles. The molecule has 1 aliphatic heterocycles. The number of halogens is 2. The molecule has 1 aliphatic rings. The van der Waals surface area contributed by atoms with Gasteiger partial charge in [0.25, 0.3) is 0 Å². The Bertz CT molecular complexity index is 1010. The fourth-order valence-electron chi connectivity index (χ4n) is 3.67. The average Bonchev–Trinajstić information content (AvgIpc) is 3.12. The van der Waals surface area contributed by atoms with Gasteiger partial charge in [-0.2, -0.15) is 5.10 Å². The summed E-state index contributed by atoms with van der Waals surface area (Å²) in [4.78, 5) is 2.15. The molecule has 1 aromatic heterocycles. The summed E-state index contributed by atoms with van der Waals surface area (Å²) in [5, 5.41) is 14.3. The topological polar surface area (TPSA) is 50.5 Å². The molecule has 0 aliphatic carbocycles. The maximum atomic E-state index is 14.4. The maximum absolute atomic E-state index is 14.4. The van der Waals surface area contributed by atoms with Crippen molar-refractivity contribution >= 4 is 0 Å². The van der Waals surface area contributed by atoms with Crippen LogP contribution in [-0.4, -0.2) is 52.2 Å².